The van der Waals surface area contributed by atoms with Gasteiger partial charge in [0.1, 0.15) is 0 Å². The smallest absolute Gasteiger partial charge is 0.334 e. The molecule has 0 fully saturated rings. The van der Waals surface area contributed by atoms with Crippen LogP contribution in [0.3, 0.4) is 0 Å². The van der Waals surface area contributed by atoms with Crippen LogP contribution in [-0.4, -0.2) is 17.9 Å². The summed E-state index contributed by atoms with van der Waals surface area (Å²) in [5, 5.41) is 0.564. The van der Waals surface area contributed by atoms with E-state index >= 15 is 0 Å². The highest BCUT2D eigenvalue weighted by Gasteiger charge is 2.12. The predicted octanol–water partition coefficient (Wildman–Crippen LogP) is 4.09. The van der Waals surface area contributed by atoms with Gasteiger partial charge >= 0.3 is 5.97 Å². The van der Waals surface area contributed by atoms with Gasteiger partial charge in [0.2, 0.25) is 0 Å². The minimum atomic E-state index is -0.186. The van der Waals surface area contributed by atoms with Crippen LogP contribution in [0.25, 0.3) is 0 Å². The lowest BCUT2D eigenvalue weighted by Gasteiger charge is -2.14. The third-order valence-corrected chi connectivity index (χ3v) is 3.35. The molecule has 1 unspecified atom stereocenters. The fourth-order valence-electron chi connectivity index (χ4n) is 1.43. The number of alkyl halides is 1. The molecule has 0 rings (SSSR count). The summed E-state index contributed by atoms with van der Waals surface area (Å²) >= 11 is 3.27. The zero-order valence-corrected chi connectivity index (χ0v) is 12.2. The first kappa shape index (κ1) is 15.7. The molecule has 1 atom stereocenters. The van der Waals surface area contributed by atoms with Crippen LogP contribution in [0.1, 0.15) is 46.5 Å². The average Bonchev–Trinajstić information content (AvgIpc) is 2.31. The number of hydrogen-bond acceptors (Lipinski definition) is 2. The van der Waals surface area contributed by atoms with Crippen LogP contribution < -0.4 is 0 Å². The second-order valence-electron chi connectivity index (χ2n) is 3.96. The Labute approximate surface area is 108 Å². The minimum absolute atomic E-state index is 0.186. The molecule has 0 heterocycles. The third kappa shape index (κ3) is 6.31. The van der Waals surface area contributed by atoms with Gasteiger partial charge in [-0.25, -0.2) is 4.79 Å². The topological polar surface area (TPSA) is 26.3 Å². The van der Waals surface area contributed by atoms with E-state index in [9.17, 15) is 4.79 Å². The Morgan fingerprint density at radius 2 is 2.12 bits per heavy atom. The van der Waals surface area contributed by atoms with Crippen molar-refractivity contribution in [2.45, 2.75) is 46.5 Å². The molecule has 0 N–H and O–H groups in total. The monoisotopic (exact) mass is 290 g/mol. The van der Waals surface area contributed by atoms with Gasteiger partial charge in [-0.2, -0.15) is 0 Å². The summed E-state index contributed by atoms with van der Waals surface area (Å²) in [6.07, 6.45) is 6.44. The van der Waals surface area contributed by atoms with Crippen LogP contribution in [0.5, 0.6) is 0 Å². The quantitative estimate of drug-likeness (QED) is 0.382. The highest BCUT2D eigenvalue weighted by molar-refractivity contribution is 9.09. The predicted molar refractivity (Wildman–Crippen MR) is 71.8 cm³/mol. The van der Waals surface area contributed by atoms with E-state index in [0.29, 0.717) is 23.4 Å². The lowest BCUT2D eigenvalue weighted by molar-refractivity contribution is -0.140. The number of ether oxygens (including phenoxy) is 1. The van der Waals surface area contributed by atoms with E-state index in [1.807, 2.05) is 6.92 Å². The summed E-state index contributed by atoms with van der Waals surface area (Å²) in [4.78, 5) is 11.6. The Morgan fingerprint density at radius 3 is 2.56 bits per heavy atom. The van der Waals surface area contributed by atoms with Crippen LogP contribution in [0, 0.1) is 5.92 Å². The lowest BCUT2D eigenvalue weighted by Crippen LogP contribution is -2.15. The molecule has 0 saturated carbocycles. The second kappa shape index (κ2) is 9.88. The van der Waals surface area contributed by atoms with Crippen LogP contribution in [0.2, 0.25) is 0 Å². The van der Waals surface area contributed by atoms with Crippen molar-refractivity contribution in [1.82, 2.24) is 0 Å². The molecule has 0 aliphatic carbocycles. The van der Waals surface area contributed by atoms with Gasteiger partial charge in [0, 0.05) is 10.9 Å². The van der Waals surface area contributed by atoms with Gasteiger partial charge in [-0.15, -0.1) is 0 Å². The van der Waals surface area contributed by atoms with Gasteiger partial charge in [0.25, 0.3) is 0 Å². The highest BCUT2D eigenvalue weighted by atomic mass is 79.9. The molecule has 16 heavy (non-hydrogen) atoms. The van der Waals surface area contributed by atoms with E-state index in [4.69, 9.17) is 4.74 Å². The summed E-state index contributed by atoms with van der Waals surface area (Å²) in [6, 6.07) is 0. The van der Waals surface area contributed by atoms with Crippen LogP contribution in [-0.2, 0) is 9.53 Å². The first-order chi connectivity index (χ1) is 7.69. The fraction of sp³-hybridized carbons (Fsp3) is 0.769. The van der Waals surface area contributed by atoms with Gasteiger partial charge in [-0.1, -0.05) is 55.1 Å². The molecular formula is C13H23BrO2. The maximum absolute atomic E-state index is 11.6. The van der Waals surface area contributed by atoms with Crippen molar-refractivity contribution in [3.8, 4) is 0 Å². The Bertz CT molecular complexity index is 224. The highest BCUT2D eigenvalue weighted by Crippen LogP contribution is 2.14. The zero-order chi connectivity index (χ0) is 12.4. The zero-order valence-electron chi connectivity index (χ0n) is 10.6. The second-order valence-corrected chi connectivity index (χ2v) is 4.52. The molecule has 94 valence electrons. The Hall–Kier alpha value is -0.310. The van der Waals surface area contributed by atoms with Crippen molar-refractivity contribution in [1.29, 1.82) is 0 Å². The molecule has 0 radical (unpaired) electrons. The van der Waals surface area contributed by atoms with E-state index in [0.717, 1.165) is 12.8 Å². The first-order valence-corrected chi connectivity index (χ1v) is 7.19. The van der Waals surface area contributed by atoms with E-state index in [2.05, 4.69) is 29.8 Å². The molecule has 3 heteroatoms. The molecule has 0 aromatic heterocycles. The Balaban J connectivity index is 3.96. The molecule has 0 amide bonds. The summed E-state index contributed by atoms with van der Waals surface area (Å²) in [5.41, 5.74) is 0.699. The van der Waals surface area contributed by atoms with Gasteiger partial charge in [0.15, 0.2) is 0 Å². The number of carbonyl (C=O) groups is 1. The van der Waals surface area contributed by atoms with E-state index < -0.39 is 0 Å². The maximum Gasteiger partial charge on any atom is 0.334 e. The molecule has 0 aromatic carbocycles. The molecule has 0 saturated heterocycles. The van der Waals surface area contributed by atoms with Crippen LogP contribution in [0.15, 0.2) is 11.6 Å². The van der Waals surface area contributed by atoms with Crippen LogP contribution in [0.4, 0.5) is 0 Å². The number of unbranched alkanes of at least 4 members (excludes halogenated alkanes) is 1. The van der Waals surface area contributed by atoms with Crippen molar-refractivity contribution in [3.63, 3.8) is 0 Å². The number of halogens is 1. The van der Waals surface area contributed by atoms with E-state index in [1.165, 1.54) is 12.8 Å². The molecule has 0 aromatic rings. The Kier molecular flexibility index (Phi) is 9.69. The summed E-state index contributed by atoms with van der Waals surface area (Å²) in [6.45, 7) is 6.74. The van der Waals surface area contributed by atoms with Crippen LogP contribution >= 0.6 is 15.9 Å². The standard InChI is InChI=1S/C13H23BrO2/c1-4-7-8-11(5-2)10-16-13(15)12(6-3)9-14/h6,11H,4-5,7-10H2,1-3H3/b12-6+. The number of carbonyl (C=O) groups excluding carboxylic acids is 1. The fourth-order valence-corrected chi connectivity index (χ4v) is 1.99. The largest absolute Gasteiger partial charge is 0.462 e. The number of esters is 1. The summed E-state index contributed by atoms with van der Waals surface area (Å²) in [5.74, 6) is 0.326. The molecule has 0 spiro atoms. The third-order valence-electron chi connectivity index (χ3n) is 2.75. The number of rotatable bonds is 8. The molecule has 2 nitrogen and oxygen atoms in total. The number of allylic oxidation sites excluding steroid dienone is 1. The van der Waals surface area contributed by atoms with Crippen molar-refractivity contribution in [2.75, 3.05) is 11.9 Å². The van der Waals surface area contributed by atoms with Gasteiger partial charge in [-0.3, -0.25) is 0 Å². The normalized spacial score (nSPS) is 13.6. The summed E-state index contributed by atoms with van der Waals surface area (Å²) in [7, 11) is 0. The van der Waals surface area contributed by atoms with Crippen molar-refractivity contribution >= 4 is 21.9 Å². The molecule has 0 bridgehead atoms. The number of hydrogen-bond donors (Lipinski definition) is 0. The SMILES string of the molecule is C/C=C(\CBr)C(=O)OCC(CC)CCCC. The van der Waals surface area contributed by atoms with Gasteiger partial charge in [0.05, 0.1) is 6.61 Å². The van der Waals surface area contributed by atoms with Crippen molar-refractivity contribution < 1.29 is 9.53 Å². The van der Waals surface area contributed by atoms with E-state index in [1.54, 1.807) is 6.08 Å². The Morgan fingerprint density at radius 1 is 1.44 bits per heavy atom. The summed E-state index contributed by atoms with van der Waals surface area (Å²) < 4.78 is 5.30. The van der Waals surface area contributed by atoms with Gasteiger partial charge < -0.3 is 4.74 Å². The van der Waals surface area contributed by atoms with Crippen molar-refractivity contribution in [3.05, 3.63) is 11.6 Å². The van der Waals surface area contributed by atoms with Crippen molar-refractivity contribution in [2.24, 2.45) is 5.92 Å². The first-order valence-electron chi connectivity index (χ1n) is 6.07. The minimum Gasteiger partial charge on any atom is -0.462 e. The van der Waals surface area contributed by atoms with E-state index in [-0.39, 0.29) is 5.97 Å². The molecule has 0 aliphatic heterocycles. The lowest BCUT2D eigenvalue weighted by atomic mass is 10.0. The van der Waals surface area contributed by atoms with Gasteiger partial charge in [-0.05, 0) is 19.3 Å². The maximum atomic E-state index is 11.6. The molecule has 0 aliphatic rings. The molecular weight excluding hydrogens is 268 g/mol. The average molecular weight is 291 g/mol.